The molecule has 0 amide bonds. The van der Waals surface area contributed by atoms with Crippen molar-refractivity contribution in [1.82, 2.24) is 10.2 Å². The number of rotatable bonds is 3. The maximum Gasteiger partial charge on any atom is 0.416 e. The first-order chi connectivity index (χ1) is 11.9. The van der Waals surface area contributed by atoms with Gasteiger partial charge in [0.25, 0.3) is 0 Å². The topological polar surface area (TPSA) is 15.3 Å². The molecule has 0 aromatic heterocycles. The Bertz CT molecular complexity index is 710. The van der Waals surface area contributed by atoms with Gasteiger partial charge in [0, 0.05) is 24.1 Å². The van der Waals surface area contributed by atoms with Crippen LogP contribution in [0.25, 0.3) is 0 Å². The molecule has 0 bridgehead atoms. The van der Waals surface area contributed by atoms with Crippen LogP contribution in [0.5, 0.6) is 0 Å². The van der Waals surface area contributed by atoms with Crippen molar-refractivity contribution in [3.63, 3.8) is 0 Å². The number of nitrogens with one attached hydrogen (secondary N) is 1. The quantitative estimate of drug-likeness (QED) is 0.774. The van der Waals surface area contributed by atoms with Crippen LogP contribution < -0.4 is 5.32 Å². The lowest BCUT2D eigenvalue weighted by Crippen LogP contribution is -2.33. The minimum Gasteiger partial charge on any atom is -0.315 e. The molecular weight excluding hydrogens is 393 g/mol. The average molecular weight is 413 g/mol. The van der Waals surface area contributed by atoms with Gasteiger partial charge in [-0.2, -0.15) is 13.2 Å². The Morgan fingerprint density at radius 2 is 1.68 bits per heavy atom. The van der Waals surface area contributed by atoms with E-state index in [1.807, 2.05) is 24.3 Å². The Kier molecular flexibility index (Phi) is 5.81. The second-order valence-corrected chi connectivity index (χ2v) is 7.14. The molecule has 1 N–H and O–H groups in total. The molecule has 134 valence electrons. The zero-order valence-corrected chi connectivity index (χ0v) is 15.3. The van der Waals surface area contributed by atoms with Crippen molar-refractivity contribution in [2.45, 2.75) is 18.6 Å². The van der Waals surface area contributed by atoms with Crippen molar-refractivity contribution >= 4 is 15.9 Å². The molecule has 0 spiro atoms. The molecule has 1 heterocycles. The predicted octanol–water partition coefficient (Wildman–Crippen LogP) is 4.85. The molecular formula is C19H20BrF3N2. The second kappa shape index (κ2) is 7.89. The third-order valence-electron chi connectivity index (χ3n) is 4.43. The Morgan fingerprint density at radius 1 is 0.960 bits per heavy atom. The first kappa shape index (κ1) is 18.4. The third kappa shape index (κ3) is 4.63. The third-order valence-corrected chi connectivity index (χ3v) is 4.93. The van der Waals surface area contributed by atoms with E-state index in [0.717, 1.165) is 48.7 Å². The monoisotopic (exact) mass is 412 g/mol. The van der Waals surface area contributed by atoms with Gasteiger partial charge in [0.15, 0.2) is 0 Å². The fourth-order valence-electron chi connectivity index (χ4n) is 3.30. The van der Waals surface area contributed by atoms with E-state index in [2.05, 4.69) is 26.1 Å². The molecule has 0 radical (unpaired) electrons. The number of alkyl halides is 3. The van der Waals surface area contributed by atoms with E-state index in [1.54, 1.807) is 6.07 Å². The van der Waals surface area contributed by atoms with E-state index in [1.165, 1.54) is 12.1 Å². The molecule has 1 aliphatic rings. The van der Waals surface area contributed by atoms with Crippen LogP contribution in [-0.4, -0.2) is 31.1 Å². The molecule has 0 saturated carbocycles. The van der Waals surface area contributed by atoms with Gasteiger partial charge in [0.2, 0.25) is 0 Å². The Hall–Kier alpha value is -1.37. The summed E-state index contributed by atoms with van der Waals surface area (Å²) in [7, 11) is 0. The van der Waals surface area contributed by atoms with Crippen LogP contribution in [0.3, 0.4) is 0 Å². The summed E-state index contributed by atoms with van der Waals surface area (Å²) in [5, 5.41) is 3.35. The SMILES string of the molecule is FC(F)(F)c1cccc(C(c2cccc(Br)c2)N2CCCNCC2)c1. The van der Waals surface area contributed by atoms with Crippen LogP contribution in [0, 0.1) is 0 Å². The summed E-state index contributed by atoms with van der Waals surface area (Å²) in [6, 6.07) is 13.3. The Morgan fingerprint density at radius 3 is 2.40 bits per heavy atom. The van der Waals surface area contributed by atoms with Crippen molar-refractivity contribution in [3.05, 3.63) is 69.7 Å². The standard InChI is InChI=1S/C19H20BrF3N2/c20-17-7-2-5-15(13-17)18(25-10-3-8-24-9-11-25)14-4-1-6-16(12-14)19(21,22)23/h1-2,4-7,12-13,18,24H,3,8-11H2. The van der Waals surface area contributed by atoms with Gasteiger partial charge in [0.05, 0.1) is 11.6 Å². The van der Waals surface area contributed by atoms with Crippen molar-refractivity contribution < 1.29 is 13.2 Å². The van der Waals surface area contributed by atoms with Crippen LogP contribution in [0.1, 0.15) is 29.2 Å². The summed E-state index contributed by atoms with van der Waals surface area (Å²) in [6.45, 7) is 3.42. The predicted molar refractivity (Wildman–Crippen MR) is 96.5 cm³/mol. The maximum atomic E-state index is 13.2. The van der Waals surface area contributed by atoms with E-state index < -0.39 is 11.7 Å². The maximum absolute atomic E-state index is 13.2. The normalized spacial score (nSPS) is 17.9. The summed E-state index contributed by atoms with van der Waals surface area (Å²) in [5.41, 5.74) is 1.07. The van der Waals surface area contributed by atoms with Crippen LogP contribution >= 0.6 is 15.9 Å². The number of nitrogens with zero attached hydrogens (tertiary/aromatic N) is 1. The molecule has 1 saturated heterocycles. The van der Waals surface area contributed by atoms with E-state index in [-0.39, 0.29) is 6.04 Å². The molecule has 2 nitrogen and oxygen atoms in total. The smallest absolute Gasteiger partial charge is 0.315 e. The molecule has 1 unspecified atom stereocenters. The van der Waals surface area contributed by atoms with Gasteiger partial charge in [0.1, 0.15) is 0 Å². The van der Waals surface area contributed by atoms with Gasteiger partial charge in [-0.15, -0.1) is 0 Å². The number of hydrogen-bond donors (Lipinski definition) is 1. The summed E-state index contributed by atoms with van der Waals surface area (Å²) < 4.78 is 40.4. The molecule has 2 aromatic rings. The fraction of sp³-hybridized carbons (Fsp3) is 0.368. The highest BCUT2D eigenvalue weighted by Crippen LogP contribution is 2.35. The van der Waals surface area contributed by atoms with Gasteiger partial charge >= 0.3 is 6.18 Å². The highest BCUT2D eigenvalue weighted by Gasteiger charge is 2.32. The van der Waals surface area contributed by atoms with Crippen molar-refractivity contribution in [1.29, 1.82) is 0 Å². The minimum atomic E-state index is -4.34. The lowest BCUT2D eigenvalue weighted by molar-refractivity contribution is -0.137. The molecule has 1 fully saturated rings. The second-order valence-electron chi connectivity index (χ2n) is 6.22. The first-order valence-corrected chi connectivity index (χ1v) is 9.12. The molecule has 6 heteroatoms. The molecule has 2 aromatic carbocycles. The highest BCUT2D eigenvalue weighted by atomic mass is 79.9. The number of halogens is 4. The highest BCUT2D eigenvalue weighted by molar-refractivity contribution is 9.10. The van der Waals surface area contributed by atoms with Crippen molar-refractivity contribution in [2.24, 2.45) is 0 Å². The van der Waals surface area contributed by atoms with Gasteiger partial charge in [-0.25, -0.2) is 0 Å². The Labute approximate surface area is 154 Å². The van der Waals surface area contributed by atoms with Crippen LogP contribution in [0.4, 0.5) is 13.2 Å². The number of hydrogen-bond acceptors (Lipinski definition) is 2. The molecule has 1 atom stereocenters. The van der Waals surface area contributed by atoms with E-state index in [0.29, 0.717) is 5.56 Å². The van der Waals surface area contributed by atoms with Crippen LogP contribution in [0.15, 0.2) is 53.0 Å². The zero-order chi connectivity index (χ0) is 17.9. The van der Waals surface area contributed by atoms with E-state index >= 15 is 0 Å². The first-order valence-electron chi connectivity index (χ1n) is 8.32. The molecule has 3 rings (SSSR count). The zero-order valence-electron chi connectivity index (χ0n) is 13.7. The molecule has 0 aliphatic carbocycles. The van der Waals surface area contributed by atoms with Crippen LogP contribution in [0.2, 0.25) is 0 Å². The summed E-state index contributed by atoms with van der Waals surface area (Å²) in [4.78, 5) is 2.26. The van der Waals surface area contributed by atoms with Gasteiger partial charge in [-0.1, -0.05) is 40.2 Å². The summed E-state index contributed by atoms with van der Waals surface area (Å²) in [6.07, 6.45) is -3.36. The van der Waals surface area contributed by atoms with Crippen molar-refractivity contribution in [2.75, 3.05) is 26.2 Å². The molecule has 25 heavy (non-hydrogen) atoms. The molecule has 1 aliphatic heterocycles. The van der Waals surface area contributed by atoms with Crippen LogP contribution in [-0.2, 0) is 6.18 Å². The fourth-order valence-corrected chi connectivity index (χ4v) is 3.72. The van der Waals surface area contributed by atoms with Gasteiger partial charge in [-0.05, 0) is 48.4 Å². The summed E-state index contributed by atoms with van der Waals surface area (Å²) in [5.74, 6) is 0. The Balaban J connectivity index is 2.04. The number of benzene rings is 2. The average Bonchev–Trinajstić information content (AvgIpc) is 2.84. The van der Waals surface area contributed by atoms with E-state index in [4.69, 9.17) is 0 Å². The lowest BCUT2D eigenvalue weighted by atomic mass is 9.95. The van der Waals surface area contributed by atoms with Gasteiger partial charge in [-0.3, -0.25) is 4.90 Å². The minimum absolute atomic E-state index is 0.195. The van der Waals surface area contributed by atoms with E-state index in [9.17, 15) is 13.2 Å². The largest absolute Gasteiger partial charge is 0.416 e. The summed E-state index contributed by atoms with van der Waals surface area (Å²) >= 11 is 3.48. The lowest BCUT2D eigenvalue weighted by Gasteiger charge is -2.32. The van der Waals surface area contributed by atoms with Gasteiger partial charge < -0.3 is 5.32 Å². The van der Waals surface area contributed by atoms with Crippen molar-refractivity contribution in [3.8, 4) is 0 Å².